The van der Waals surface area contributed by atoms with Gasteiger partial charge in [0, 0.05) is 5.97 Å². The van der Waals surface area contributed by atoms with E-state index in [1.807, 2.05) is 0 Å². The average molecular weight is 377 g/mol. The molecule has 0 N–H and O–H groups in total. The second kappa shape index (κ2) is 24.8. The summed E-state index contributed by atoms with van der Waals surface area (Å²) in [6.07, 6.45) is 26.8. The fourth-order valence-corrected chi connectivity index (χ4v) is 3.05. The largest absolute Gasteiger partial charge is 1.00 e. The van der Waals surface area contributed by atoms with Crippen LogP contribution in [-0.2, 0) is 4.79 Å². The van der Waals surface area contributed by atoms with E-state index in [9.17, 15) is 9.90 Å². The molecule has 0 atom stereocenters. The first-order valence-corrected chi connectivity index (χ1v) is 10.6. The van der Waals surface area contributed by atoms with Gasteiger partial charge >= 0.3 is 51.4 Å². The molecule has 0 spiro atoms. The Hall–Kier alpha value is 0.846. The molecule has 0 saturated heterocycles. The quantitative estimate of drug-likeness (QED) is 0.197. The van der Waals surface area contributed by atoms with E-state index in [1.165, 1.54) is 96.3 Å². The van der Waals surface area contributed by atoms with Crippen molar-refractivity contribution in [1.82, 2.24) is 0 Å². The fraction of sp³-hybridized carbons (Fsp3) is 0.864. The predicted octanol–water partition coefficient (Wildman–Crippen LogP) is 3.34. The molecule has 0 aliphatic carbocycles. The molecule has 0 radical (unpaired) electrons. The van der Waals surface area contributed by atoms with Crippen molar-refractivity contribution in [3.8, 4) is 0 Å². The van der Waals surface area contributed by atoms with Crippen molar-refractivity contribution in [2.75, 3.05) is 0 Å². The molecule has 0 aliphatic rings. The molecule has 0 aliphatic heterocycles. The molecule has 0 aromatic heterocycles. The molecule has 25 heavy (non-hydrogen) atoms. The molecule has 0 fully saturated rings. The molecular formula is C22H41KO2. The third kappa shape index (κ3) is 27.2. The zero-order chi connectivity index (χ0) is 17.7. The van der Waals surface area contributed by atoms with E-state index < -0.39 is 5.97 Å². The zero-order valence-corrected chi connectivity index (χ0v) is 20.3. The summed E-state index contributed by atoms with van der Waals surface area (Å²) in [5.74, 6) is -0.906. The number of carboxylic acid groups (broad SMARTS) is 1. The SMILES string of the molecule is CCCCCCCC/C=C\CCCCCCCCCCCC(=O)[O-].[K+]. The molecule has 142 valence electrons. The number of hydrogen-bond acceptors (Lipinski definition) is 2. The van der Waals surface area contributed by atoms with E-state index in [0.29, 0.717) is 0 Å². The molecule has 0 aromatic rings. The number of carboxylic acids is 1. The summed E-state index contributed by atoms with van der Waals surface area (Å²) in [7, 11) is 0. The third-order valence-electron chi connectivity index (χ3n) is 4.64. The van der Waals surface area contributed by atoms with Gasteiger partial charge in [0.25, 0.3) is 0 Å². The molecule has 0 heterocycles. The van der Waals surface area contributed by atoms with Crippen LogP contribution in [-0.4, -0.2) is 5.97 Å². The number of aliphatic carboxylic acids is 1. The van der Waals surface area contributed by atoms with Gasteiger partial charge in [-0.05, 0) is 38.5 Å². The van der Waals surface area contributed by atoms with Crippen LogP contribution >= 0.6 is 0 Å². The standard InChI is InChI=1S/C22H42O2.K/c1-2-3-4-5-6-7-8-9-10-11-12-13-14-15-16-17-18-19-20-21-22(23)24;/h9-10H,2-8,11-21H2,1H3,(H,23,24);/q;+1/p-1/b10-9-;. The Morgan fingerprint density at radius 3 is 1.40 bits per heavy atom. The first-order chi connectivity index (χ1) is 11.8. The summed E-state index contributed by atoms with van der Waals surface area (Å²) in [4.78, 5) is 10.3. The van der Waals surface area contributed by atoms with Gasteiger partial charge in [0.1, 0.15) is 0 Å². The van der Waals surface area contributed by atoms with Crippen LogP contribution in [0.1, 0.15) is 122 Å². The van der Waals surface area contributed by atoms with Crippen LogP contribution in [0.3, 0.4) is 0 Å². The molecule has 0 bridgehead atoms. The van der Waals surface area contributed by atoms with E-state index in [4.69, 9.17) is 0 Å². The molecule has 0 saturated carbocycles. The van der Waals surface area contributed by atoms with Crippen molar-refractivity contribution < 1.29 is 61.3 Å². The monoisotopic (exact) mass is 376 g/mol. The normalized spacial score (nSPS) is 10.9. The molecular weight excluding hydrogens is 335 g/mol. The van der Waals surface area contributed by atoms with Crippen molar-refractivity contribution >= 4 is 5.97 Å². The Kier molecular flexibility index (Phi) is 27.9. The van der Waals surface area contributed by atoms with Gasteiger partial charge in [0.15, 0.2) is 0 Å². The predicted molar refractivity (Wildman–Crippen MR) is 103 cm³/mol. The molecule has 0 rings (SSSR count). The van der Waals surface area contributed by atoms with Gasteiger partial charge in [0.2, 0.25) is 0 Å². The molecule has 0 aromatic carbocycles. The maximum Gasteiger partial charge on any atom is 1.00 e. The Balaban J connectivity index is 0. The Morgan fingerprint density at radius 2 is 1.00 bits per heavy atom. The van der Waals surface area contributed by atoms with Gasteiger partial charge < -0.3 is 9.90 Å². The minimum absolute atomic E-state index is 0. The minimum atomic E-state index is -0.906. The van der Waals surface area contributed by atoms with Crippen molar-refractivity contribution in [3.63, 3.8) is 0 Å². The van der Waals surface area contributed by atoms with Crippen molar-refractivity contribution in [3.05, 3.63) is 12.2 Å². The number of carbonyl (C=O) groups is 1. The topological polar surface area (TPSA) is 40.1 Å². The summed E-state index contributed by atoms with van der Waals surface area (Å²) < 4.78 is 0. The van der Waals surface area contributed by atoms with E-state index in [1.54, 1.807) is 0 Å². The summed E-state index contributed by atoms with van der Waals surface area (Å²) in [5.41, 5.74) is 0. The maximum absolute atomic E-state index is 10.3. The molecule has 3 heteroatoms. The number of unbranched alkanes of at least 4 members (excludes halogenated alkanes) is 15. The second-order valence-corrected chi connectivity index (χ2v) is 7.12. The van der Waals surface area contributed by atoms with Crippen molar-refractivity contribution in [2.24, 2.45) is 0 Å². The van der Waals surface area contributed by atoms with Gasteiger partial charge in [-0.1, -0.05) is 96.1 Å². The van der Waals surface area contributed by atoms with Gasteiger partial charge in [-0.25, -0.2) is 0 Å². The maximum atomic E-state index is 10.3. The van der Waals surface area contributed by atoms with Crippen LogP contribution in [0.5, 0.6) is 0 Å². The van der Waals surface area contributed by atoms with E-state index in [-0.39, 0.29) is 57.8 Å². The van der Waals surface area contributed by atoms with Gasteiger partial charge in [-0.3, -0.25) is 0 Å². The van der Waals surface area contributed by atoms with Crippen LogP contribution in [0.4, 0.5) is 0 Å². The Labute approximate surface area is 200 Å². The van der Waals surface area contributed by atoms with Crippen molar-refractivity contribution in [2.45, 2.75) is 122 Å². The van der Waals surface area contributed by atoms with Gasteiger partial charge in [-0.15, -0.1) is 0 Å². The van der Waals surface area contributed by atoms with E-state index >= 15 is 0 Å². The summed E-state index contributed by atoms with van der Waals surface area (Å²) in [6.45, 7) is 2.27. The van der Waals surface area contributed by atoms with Gasteiger partial charge in [-0.2, -0.15) is 0 Å². The van der Waals surface area contributed by atoms with Crippen LogP contribution in [0, 0.1) is 0 Å². The number of carbonyl (C=O) groups excluding carboxylic acids is 1. The first kappa shape index (κ1) is 28.1. The van der Waals surface area contributed by atoms with E-state index in [0.717, 1.165) is 12.8 Å². The van der Waals surface area contributed by atoms with Crippen LogP contribution in [0.2, 0.25) is 0 Å². The van der Waals surface area contributed by atoms with Crippen molar-refractivity contribution in [1.29, 1.82) is 0 Å². The van der Waals surface area contributed by atoms with Gasteiger partial charge in [0.05, 0.1) is 0 Å². The average Bonchev–Trinajstić information content (AvgIpc) is 2.56. The molecule has 0 unspecified atom stereocenters. The zero-order valence-electron chi connectivity index (χ0n) is 17.2. The summed E-state index contributed by atoms with van der Waals surface area (Å²) in [6, 6.07) is 0. The fourth-order valence-electron chi connectivity index (χ4n) is 3.05. The molecule has 2 nitrogen and oxygen atoms in total. The Bertz CT molecular complexity index is 290. The van der Waals surface area contributed by atoms with Crippen LogP contribution in [0.25, 0.3) is 0 Å². The van der Waals surface area contributed by atoms with E-state index in [2.05, 4.69) is 19.1 Å². The summed E-state index contributed by atoms with van der Waals surface area (Å²) in [5, 5.41) is 10.3. The first-order valence-electron chi connectivity index (χ1n) is 10.6. The second-order valence-electron chi connectivity index (χ2n) is 7.12. The van der Waals surface area contributed by atoms with Crippen LogP contribution < -0.4 is 56.5 Å². The van der Waals surface area contributed by atoms with Crippen LogP contribution in [0.15, 0.2) is 12.2 Å². The third-order valence-corrected chi connectivity index (χ3v) is 4.64. The number of hydrogen-bond donors (Lipinski definition) is 0. The smallest absolute Gasteiger partial charge is 0.550 e. The summed E-state index contributed by atoms with van der Waals surface area (Å²) >= 11 is 0. The minimum Gasteiger partial charge on any atom is -0.550 e. The number of allylic oxidation sites excluding steroid dienone is 2. The Morgan fingerprint density at radius 1 is 0.640 bits per heavy atom. The number of rotatable bonds is 19. The molecule has 0 amide bonds.